The van der Waals surface area contributed by atoms with Crippen molar-refractivity contribution in [2.45, 2.75) is 19.4 Å². The molecule has 0 aromatic carbocycles. The third-order valence-electron chi connectivity index (χ3n) is 3.71. The summed E-state index contributed by atoms with van der Waals surface area (Å²) >= 11 is 0. The van der Waals surface area contributed by atoms with E-state index in [1.807, 2.05) is 6.07 Å². The van der Waals surface area contributed by atoms with Gasteiger partial charge in [-0.25, -0.2) is 4.79 Å². The fourth-order valence-electron chi connectivity index (χ4n) is 2.43. The number of anilines is 1. The Hall–Kier alpha value is -1.66. The van der Waals surface area contributed by atoms with Gasteiger partial charge in [0.25, 0.3) is 0 Å². The molecular formula is C14H22N4O2. The van der Waals surface area contributed by atoms with Crippen molar-refractivity contribution < 1.29 is 9.90 Å². The lowest BCUT2D eigenvalue weighted by Crippen LogP contribution is -2.53. The Bertz CT molecular complexity index is 414. The van der Waals surface area contributed by atoms with Crippen LogP contribution in [-0.2, 0) is 0 Å². The second-order valence-electron chi connectivity index (χ2n) is 4.94. The van der Waals surface area contributed by atoms with E-state index in [4.69, 9.17) is 0 Å². The molecule has 1 fully saturated rings. The van der Waals surface area contributed by atoms with Gasteiger partial charge in [-0.2, -0.15) is 0 Å². The monoisotopic (exact) mass is 278 g/mol. The SMILES string of the molecule is CCC(CO)N1CCN(C(=O)Nc2cccnc2)CC1. The minimum absolute atomic E-state index is 0.0882. The van der Waals surface area contributed by atoms with Gasteiger partial charge in [-0.1, -0.05) is 6.92 Å². The number of hydrogen-bond acceptors (Lipinski definition) is 4. The molecule has 20 heavy (non-hydrogen) atoms. The second kappa shape index (κ2) is 7.21. The quantitative estimate of drug-likeness (QED) is 0.862. The van der Waals surface area contributed by atoms with Crippen molar-refractivity contribution in [2.75, 3.05) is 38.1 Å². The van der Waals surface area contributed by atoms with Gasteiger partial charge in [0.1, 0.15) is 0 Å². The zero-order chi connectivity index (χ0) is 14.4. The van der Waals surface area contributed by atoms with E-state index >= 15 is 0 Å². The van der Waals surface area contributed by atoms with Crippen LogP contribution in [0.1, 0.15) is 13.3 Å². The van der Waals surface area contributed by atoms with Crippen molar-refractivity contribution >= 4 is 11.7 Å². The van der Waals surface area contributed by atoms with Crippen LogP contribution in [0.4, 0.5) is 10.5 Å². The Morgan fingerprint density at radius 3 is 2.75 bits per heavy atom. The van der Waals surface area contributed by atoms with Gasteiger partial charge in [0.15, 0.2) is 0 Å². The summed E-state index contributed by atoms with van der Waals surface area (Å²) in [5, 5.41) is 12.1. The average molecular weight is 278 g/mol. The number of rotatable bonds is 4. The maximum absolute atomic E-state index is 12.1. The predicted molar refractivity (Wildman–Crippen MR) is 77.6 cm³/mol. The van der Waals surface area contributed by atoms with E-state index < -0.39 is 0 Å². The van der Waals surface area contributed by atoms with E-state index in [2.05, 4.69) is 22.1 Å². The summed E-state index contributed by atoms with van der Waals surface area (Å²) in [6.45, 7) is 5.23. The van der Waals surface area contributed by atoms with E-state index in [9.17, 15) is 9.90 Å². The number of aliphatic hydroxyl groups is 1. The molecule has 2 N–H and O–H groups in total. The van der Waals surface area contributed by atoms with Crippen LogP contribution in [0.2, 0.25) is 0 Å². The molecule has 2 heterocycles. The highest BCUT2D eigenvalue weighted by Gasteiger charge is 2.24. The lowest BCUT2D eigenvalue weighted by molar-refractivity contribution is 0.0766. The molecule has 6 heteroatoms. The molecule has 0 bridgehead atoms. The normalized spacial score (nSPS) is 17.8. The van der Waals surface area contributed by atoms with E-state index in [1.54, 1.807) is 23.4 Å². The number of urea groups is 1. The summed E-state index contributed by atoms with van der Waals surface area (Å²) in [4.78, 5) is 20.1. The first-order valence-electron chi connectivity index (χ1n) is 7.05. The van der Waals surface area contributed by atoms with Crippen molar-refractivity contribution in [2.24, 2.45) is 0 Å². The fourth-order valence-corrected chi connectivity index (χ4v) is 2.43. The number of pyridine rings is 1. The van der Waals surface area contributed by atoms with Gasteiger partial charge >= 0.3 is 6.03 Å². The van der Waals surface area contributed by atoms with Crippen LogP contribution in [0, 0.1) is 0 Å². The molecule has 0 spiro atoms. The number of carbonyl (C=O) groups excluding carboxylic acids is 1. The molecule has 0 radical (unpaired) electrons. The molecule has 1 saturated heterocycles. The van der Waals surface area contributed by atoms with E-state index in [1.165, 1.54) is 0 Å². The van der Waals surface area contributed by atoms with Crippen LogP contribution in [0.5, 0.6) is 0 Å². The van der Waals surface area contributed by atoms with Gasteiger partial charge in [-0.3, -0.25) is 9.88 Å². The molecule has 6 nitrogen and oxygen atoms in total. The van der Waals surface area contributed by atoms with Crippen LogP contribution in [0.3, 0.4) is 0 Å². The molecule has 2 rings (SSSR count). The van der Waals surface area contributed by atoms with Gasteiger partial charge < -0.3 is 15.3 Å². The number of nitrogens with zero attached hydrogens (tertiary/aromatic N) is 3. The summed E-state index contributed by atoms with van der Waals surface area (Å²) < 4.78 is 0. The molecule has 1 aromatic heterocycles. The molecule has 110 valence electrons. The maximum Gasteiger partial charge on any atom is 0.321 e. The molecule has 1 unspecified atom stereocenters. The Kier molecular flexibility index (Phi) is 5.31. The van der Waals surface area contributed by atoms with Crippen LogP contribution in [0.25, 0.3) is 0 Å². The van der Waals surface area contributed by atoms with Gasteiger partial charge in [-0.15, -0.1) is 0 Å². The van der Waals surface area contributed by atoms with Crippen molar-refractivity contribution in [3.8, 4) is 0 Å². The van der Waals surface area contributed by atoms with Crippen LogP contribution in [0.15, 0.2) is 24.5 Å². The third kappa shape index (κ3) is 3.68. The fraction of sp³-hybridized carbons (Fsp3) is 0.571. The van der Waals surface area contributed by atoms with E-state index in [0.717, 1.165) is 19.5 Å². The zero-order valence-electron chi connectivity index (χ0n) is 11.8. The van der Waals surface area contributed by atoms with Crippen LogP contribution < -0.4 is 5.32 Å². The number of carbonyl (C=O) groups is 1. The highest BCUT2D eigenvalue weighted by atomic mass is 16.3. The van der Waals surface area contributed by atoms with Crippen molar-refractivity contribution in [3.05, 3.63) is 24.5 Å². The lowest BCUT2D eigenvalue weighted by atomic mass is 10.2. The molecule has 0 aliphatic carbocycles. The number of amides is 2. The topological polar surface area (TPSA) is 68.7 Å². The maximum atomic E-state index is 12.1. The van der Waals surface area contributed by atoms with Crippen LogP contribution in [-0.4, -0.2) is 64.7 Å². The van der Waals surface area contributed by atoms with Gasteiger partial charge in [-0.05, 0) is 18.6 Å². The molecule has 1 aliphatic heterocycles. The summed E-state index contributed by atoms with van der Waals surface area (Å²) in [5.74, 6) is 0. The summed E-state index contributed by atoms with van der Waals surface area (Å²) in [6, 6.07) is 3.73. The smallest absolute Gasteiger partial charge is 0.321 e. The zero-order valence-corrected chi connectivity index (χ0v) is 11.8. The Morgan fingerprint density at radius 2 is 2.20 bits per heavy atom. The highest BCUT2D eigenvalue weighted by Crippen LogP contribution is 2.11. The minimum Gasteiger partial charge on any atom is -0.395 e. The Labute approximate surface area is 119 Å². The van der Waals surface area contributed by atoms with Crippen molar-refractivity contribution in [3.63, 3.8) is 0 Å². The summed E-state index contributed by atoms with van der Waals surface area (Å²) in [5.41, 5.74) is 0.710. The third-order valence-corrected chi connectivity index (χ3v) is 3.71. The average Bonchev–Trinajstić information content (AvgIpc) is 2.50. The van der Waals surface area contributed by atoms with E-state index in [-0.39, 0.29) is 18.7 Å². The van der Waals surface area contributed by atoms with Crippen molar-refractivity contribution in [1.82, 2.24) is 14.8 Å². The lowest BCUT2D eigenvalue weighted by Gasteiger charge is -2.38. The largest absolute Gasteiger partial charge is 0.395 e. The number of aliphatic hydroxyl groups excluding tert-OH is 1. The highest BCUT2D eigenvalue weighted by molar-refractivity contribution is 5.89. The van der Waals surface area contributed by atoms with Crippen LogP contribution >= 0.6 is 0 Å². The Morgan fingerprint density at radius 1 is 1.45 bits per heavy atom. The molecule has 1 aliphatic rings. The first-order valence-corrected chi connectivity index (χ1v) is 7.05. The molecular weight excluding hydrogens is 256 g/mol. The van der Waals surface area contributed by atoms with Gasteiger partial charge in [0.05, 0.1) is 18.5 Å². The number of nitrogens with one attached hydrogen (secondary N) is 1. The minimum atomic E-state index is -0.0882. The predicted octanol–water partition coefficient (Wildman–Crippen LogP) is 1.00. The number of piperazine rings is 1. The molecule has 2 amide bonds. The molecule has 1 atom stereocenters. The van der Waals surface area contributed by atoms with E-state index in [0.29, 0.717) is 18.8 Å². The second-order valence-corrected chi connectivity index (χ2v) is 4.94. The Balaban J connectivity index is 1.83. The molecule has 0 saturated carbocycles. The van der Waals surface area contributed by atoms with Gasteiger partial charge in [0.2, 0.25) is 0 Å². The first kappa shape index (κ1) is 14.7. The number of hydrogen-bond donors (Lipinski definition) is 2. The van der Waals surface area contributed by atoms with Gasteiger partial charge in [0, 0.05) is 38.4 Å². The van der Waals surface area contributed by atoms with Crippen molar-refractivity contribution in [1.29, 1.82) is 0 Å². The first-order chi connectivity index (χ1) is 9.74. The standard InChI is InChI=1S/C14H22N4O2/c1-2-13(11-19)17-6-8-18(9-7-17)14(20)16-12-4-3-5-15-10-12/h3-5,10,13,19H,2,6-9,11H2,1H3,(H,16,20). The number of aromatic nitrogens is 1. The summed E-state index contributed by atoms with van der Waals surface area (Å²) in [6.07, 6.45) is 4.24. The molecule has 1 aromatic rings. The summed E-state index contributed by atoms with van der Waals surface area (Å²) in [7, 11) is 0.